The van der Waals surface area contributed by atoms with Gasteiger partial charge in [0.15, 0.2) is 0 Å². The Morgan fingerprint density at radius 2 is 2.16 bits per heavy atom. The average molecular weight is 263 g/mol. The molecule has 1 saturated carbocycles. The second-order valence-corrected chi connectivity index (χ2v) is 5.58. The van der Waals surface area contributed by atoms with Crippen molar-refractivity contribution in [3.05, 3.63) is 29.6 Å². The van der Waals surface area contributed by atoms with E-state index in [1.807, 2.05) is 13.1 Å². The maximum Gasteiger partial charge on any atom is 0.136 e. The molecule has 3 nitrogen and oxygen atoms in total. The van der Waals surface area contributed by atoms with Crippen LogP contribution in [0.5, 0.6) is 0 Å². The molecule has 0 aliphatic heterocycles. The first-order valence-corrected chi connectivity index (χ1v) is 6.86. The predicted octanol–water partition coefficient (Wildman–Crippen LogP) is 3.12. The van der Waals surface area contributed by atoms with Crippen molar-refractivity contribution < 1.29 is 4.39 Å². The zero-order chi connectivity index (χ0) is 14.0. The van der Waals surface area contributed by atoms with Crippen LogP contribution in [0.15, 0.2) is 18.2 Å². The van der Waals surface area contributed by atoms with Crippen LogP contribution in [0, 0.1) is 17.1 Å². The quantitative estimate of drug-likeness (QED) is 0.650. The van der Waals surface area contributed by atoms with Gasteiger partial charge in [-0.05, 0) is 30.9 Å². The largest absolute Gasteiger partial charge is 0.384 e. The first-order valence-electron chi connectivity index (χ1n) is 6.86. The third-order valence-corrected chi connectivity index (χ3v) is 4.10. The second kappa shape index (κ2) is 5.59. The smallest absolute Gasteiger partial charge is 0.136 e. The lowest BCUT2D eigenvalue weighted by Crippen LogP contribution is -2.37. The lowest BCUT2D eigenvalue weighted by Gasteiger charge is -2.36. The number of nitrogens with two attached hydrogens (primary N) is 1. The molecule has 0 bridgehead atoms. The Balaban J connectivity index is 2.30. The van der Waals surface area contributed by atoms with Gasteiger partial charge in [0.05, 0.1) is 11.3 Å². The molecule has 1 fully saturated rings. The highest BCUT2D eigenvalue weighted by atomic mass is 19.1. The highest BCUT2D eigenvalue weighted by molar-refractivity contribution is 6.00. The van der Waals surface area contributed by atoms with Gasteiger partial charge < -0.3 is 10.6 Å². The molecule has 0 aromatic heterocycles. The number of nitrogen functional groups attached to an aromatic ring is 1. The summed E-state index contributed by atoms with van der Waals surface area (Å²) in [7, 11) is 1.98. The molecule has 0 amide bonds. The van der Waals surface area contributed by atoms with E-state index in [4.69, 9.17) is 11.1 Å². The Kier molecular flexibility index (Phi) is 4.08. The normalized spacial score (nSPS) is 23.1. The minimum absolute atomic E-state index is 0.205. The topological polar surface area (TPSA) is 53.1 Å². The fraction of sp³-hybridized carbons (Fsp3) is 0.533. The molecule has 0 saturated heterocycles. The Morgan fingerprint density at radius 3 is 2.79 bits per heavy atom. The van der Waals surface area contributed by atoms with Crippen LogP contribution in [0.2, 0.25) is 0 Å². The Hall–Kier alpha value is -1.58. The summed E-state index contributed by atoms with van der Waals surface area (Å²) in [5.41, 5.74) is 6.48. The van der Waals surface area contributed by atoms with E-state index >= 15 is 0 Å². The second-order valence-electron chi connectivity index (χ2n) is 5.58. The summed E-state index contributed by atoms with van der Waals surface area (Å²) in [6, 6.07) is 5.29. The molecule has 1 aromatic carbocycles. The molecule has 0 radical (unpaired) electrons. The van der Waals surface area contributed by atoms with Gasteiger partial charge in [-0.3, -0.25) is 5.41 Å². The van der Waals surface area contributed by atoms with Crippen molar-refractivity contribution in [2.24, 2.45) is 11.7 Å². The molecule has 2 unspecified atom stereocenters. The molecule has 3 N–H and O–H groups in total. The number of amidine groups is 1. The molecule has 2 rings (SSSR count). The van der Waals surface area contributed by atoms with Gasteiger partial charge in [0.2, 0.25) is 0 Å². The van der Waals surface area contributed by atoms with E-state index in [2.05, 4.69) is 11.8 Å². The summed E-state index contributed by atoms with van der Waals surface area (Å²) in [6.07, 6.45) is 4.72. The molecule has 1 aromatic rings. The number of hydrogen-bond acceptors (Lipinski definition) is 2. The minimum Gasteiger partial charge on any atom is -0.384 e. The van der Waals surface area contributed by atoms with Crippen LogP contribution in [0.1, 0.15) is 38.2 Å². The minimum atomic E-state index is -0.416. The highest BCUT2D eigenvalue weighted by Crippen LogP contribution is 2.31. The lowest BCUT2D eigenvalue weighted by atomic mass is 9.86. The van der Waals surface area contributed by atoms with Crippen LogP contribution in [-0.2, 0) is 0 Å². The zero-order valence-electron chi connectivity index (χ0n) is 11.6. The van der Waals surface area contributed by atoms with Crippen LogP contribution in [0.4, 0.5) is 10.1 Å². The molecule has 1 aliphatic carbocycles. The van der Waals surface area contributed by atoms with Crippen LogP contribution in [-0.4, -0.2) is 18.9 Å². The van der Waals surface area contributed by atoms with Crippen molar-refractivity contribution in [2.75, 3.05) is 11.9 Å². The van der Waals surface area contributed by atoms with Crippen molar-refractivity contribution >= 4 is 11.5 Å². The number of halogens is 1. The summed E-state index contributed by atoms with van der Waals surface area (Å²) >= 11 is 0. The van der Waals surface area contributed by atoms with Gasteiger partial charge in [-0.2, -0.15) is 0 Å². The number of nitrogens with zero attached hydrogens (tertiary/aromatic N) is 1. The zero-order valence-corrected chi connectivity index (χ0v) is 11.6. The van der Waals surface area contributed by atoms with Gasteiger partial charge in [-0.15, -0.1) is 0 Å². The fourth-order valence-electron chi connectivity index (χ4n) is 3.02. The summed E-state index contributed by atoms with van der Waals surface area (Å²) in [5, 5.41) is 7.58. The van der Waals surface area contributed by atoms with E-state index < -0.39 is 5.82 Å². The molecule has 2 atom stereocenters. The first kappa shape index (κ1) is 13.8. The lowest BCUT2D eigenvalue weighted by molar-refractivity contribution is 0.336. The van der Waals surface area contributed by atoms with Crippen molar-refractivity contribution in [1.82, 2.24) is 0 Å². The summed E-state index contributed by atoms with van der Waals surface area (Å²) in [5.74, 6) is 0.0834. The number of nitrogens with one attached hydrogen (secondary N) is 1. The molecule has 4 heteroatoms. The van der Waals surface area contributed by atoms with Gasteiger partial charge in [-0.1, -0.05) is 25.8 Å². The predicted molar refractivity (Wildman–Crippen MR) is 77.2 cm³/mol. The van der Waals surface area contributed by atoms with E-state index in [0.717, 1.165) is 18.5 Å². The molecule has 104 valence electrons. The molecular weight excluding hydrogens is 241 g/mol. The van der Waals surface area contributed by atoms with Crippen LogP contribution < -0.4 is 10.6 Å². The highest BCUT2D eigenvalue weighted by Gasteiger charge is 2.25. The SMILES string of the molecule is CC1CCCC(N(C)c2cccc(F)c2C(=N)N)C1. The number of benzene rings is 1. The number of rotatable bonds is 3. The maximum atomic E-state index is 13.9. The molecule has 19 heavy (non-hydrogen) atoms. The Morgan fingerprint density at radius 1 is 1.42 bits per heavy atom. The van der Waals surface area contributed by atoms with Crippen molar-refractivity contribution in [3.8, 4) is 0 Å². The first-order chi connectivity index (χ1) is 9.00. The van der Waals surface area contributed by atoms with Crippen LogP contribution in [0.3, 0.4) is 0 Å². The van der Waals surface area contributed by atoms with Gasteiger partial charge in [0, 0.05) is 13.1 Å². The number of anilines is 1. The Bertz CT molecular complexity index is 472. The summed E-state index contributed by atoms with van der Waals surface area (Å²) in [6.45, 7) is 2.26. The van der Waals surface area contributed by atoms with Gasteiger partial charge in [0.1, 0.15) is 11.7 Å². The maximum absolute atomic E-state index is 13.9. The molecule has 0 heterocycles. The third kappa shape index (κ3) is 2.88. The van der Waals surface area contributed by atoms with Crippen molar-refractivity contribution in [1.29, 1.82) is 5.41 Å². The molecular formula is C15H22FN3. The average Bonchev–Trinajstić information content (AvgIpc) is 2.37. The van der Waals surface area contributed by atoms with Gasteiger partial charge >= 0.3 is 0 Å². The molecule has 0 spiro atoms. The molecule has 1 aliphatic rings. The van der Waals surface area contributed by atoms with E-state index in [-0.39, 0.29) is 11.4 Å². The van der Waals surface area contributed by atoms with Crippen LogP contribution >= 0.6 is 0 Å². The van der Waals surface area contributed by atoms with E-state index in [0.29, 0.717) is 12.0 Å². The van der Waals surface area contributed by atoms with E-state index in [1.54, 1.807) is 6.07 Å². The van der Waals surface area contributed by atoms with E-state index in [1.165, 1.54) is 18.9 Å². The van der Waals surface area contributed by atoms with E-state index in [9.17, 15) is 4.39 Å². The third-order valence-electron chi connectivity index (χ3n) is 4.10. The van der Waals surface area contributed by atoms with Crippen molar-refractivity contribution in [2.45, 2.75) is 38.6 Å². The fourth-order valence-corrected chi connectivity index (χ4v) is 3.02. The van der Waals surface area contributed by atoms with Crippen molar-refractivity contribution in [3.63, 3.8) is 0 Å². The summed E-state index contributed by atoms with van der Waals surface area (Å²) in [4.78, 5) is 2.09. The number of hydrogen-bond donors (Lipinski definition) is 2. The summed E-state index contributed by atoms with van der Waals surface area (Å²) < 4.78 is 13.9. The monoisotopic (exact) mass is 263 g/mol. The van der Waals surface area contributed by atoms with Gasteiger partial charge in [0.25, 0.3) is 0 Å². The Labute approximate surface area is 114 Å². The van der Waals surface area contributed by atoms with Gasteiger partial charge in [-0.25, -0.2) is 4.39 Å². The van der Waals surface area contributed by atoms with Crippen LogP contribution in [0.25, 0.3) is 0 Å². The standard InChI is InChI=1S/C15H22FN3/c1-10-5-3-6-11(9-10)19(2)13-8-4-7-12(16)14(13)15(17)18/h4,7-8,10-11H,3,5-6,9H2,1-2H3,(H3,17,18).